The maximum absolute atomic E-state index is 8.72. The molecule has 0 radical (unpaired) electrons. The molecule has 0 amide bonds. The minimum absolute atomic E-state index is 0.547. The number of ether oxygens (including phenoxy) is 1. The second kappa shape index (κ2) is 5.15. The zero-order valence-corrected chi connectivity index (χ0v) is 7.66. The number of aromatic nitrogens is 1. The first kappa shape index (κ1) is 9.53. The Hall–Kier alpha value is -1.56. The third kappa shape index (κ3) is 2.75. The van der Waals surface area contributed by atoms with Gasteiger partial charge in [-0.2, -0.15) is 5.26 Å². The van der Waals surface area contributed by atoms with E-state index in [4.69, 9.17) is 10.00 Å². The van der Waals surface area contributed by atoms with E-state index in [2.05, 4.69) is 18.0 Å². The predicted octanol–water partition coefficient (Wildman–Crippen LogP) is 2.13. The first-order valence-electron chi connectivity index (χ1n) is 4.35. The molecule has 1 aromatic rings. The SMILES string of the molecule is CCCCOc1cnccc1C#N. The molecule has 68 valence electrons. The summed E-state index contributed by atoms with van der Waals surface area (Å²) >= 11 is 0. The van der Waals surface area contributed by atoms with Crippen LogP contribution in [0.3, 0.4) is 0 Å². The van der Waals surface area contributed by atoms with E-state index in [0.29, 0.717) is 17.9 Å². The van der Waals surface area contributed by atoms with E-state index in [0.717, 1.165) is 12.8 Å². The summed E-state index contributed by atoms with van der Waals surface area (Å²) in [6, 6.07) is 3.71. The molecule has 3 nitrogen and oxygen atoms in total. The zero-order chi connectivity index (χ0) is 9.52. The minimum atomic E-state index is 0.547. The Bertz CT molecular complexity index is 304. The molecule has 0 aliphatic heterocycles. The van der Waals surface area contributed by atoms with Crippen LogP contribution in [-0.2, 0) is 0 Å². The zero-order valence-electron chi connectivity index (χ0n) is 7.66. The van der Waals surface area contributed by atoms with Gasteiger partial charge in [-0.05, 0) is 12.5 Å². The summed E-state index contributed by atoms with van der Waals surface area (Å²) < 4.78 is 5.38. The van der Waals surface area contributed by atoms with Crippen LogP contribution in [-0.4, -0.2) is 11.6 Å². The summed E-state index contributed by atoms with van der Waals surface area (Å²) in [4.78, 5) is 3.90. The van der Waals surface area contributed by atoms with Crippen LogP contribution in [0.25, 0.3) is 0 Å². The highest BCUT2D eigenvalue weighted by Gasteiger charge is 2.00. The molecule has 0 aliphatic rings. The van der Waals surface area contributed by atoms with Gasteiger partial charge in [-0.25, -0.2) is 0 Å². The average Bonchev–Trinajstić information content (AvgIpc) is 2.19. The van der Waals surface area contributed by atoms with Gasteiger partial charge >= 0.3 is 0 Å². The second-order valence-electron chi connectivity index (χ2n) is 2.69. The number of pyridine rings is 1. The topological polar surface area (TPSA) is 45.9 Å². The van der Waals surface area contributed by atoms with Crippen molar-refractivity contribution in [1.29, 1.82) is 5.26 Å². The molecule has 3 heteroatoms. The fourth-order valence-corrected chi connectivity index (χ4v) is 0.914. The number of rotatable bonds is 4. The van der Waals surface area contributed by atoms with Crippen LogP contribution in [0.4, 0.5) is 0 Å². The van der Waals surface area contributed by atoms with Gasteiger partial charge in [0.05, 0.1) is 18.4 Å². The van der Waals surface area contributed by atoms with Gasteiger partial charge in [0.15, 0.2) is 5.75 Å². The lowest BCUT2D eigenvalue weighted by Crippen LogP contribution is -1.98. The highest BCUT2D eigenvalue weighted by molar-refractivity contribution is 5.40. The van der Waals surface area contributed by atoms with E-state index in [1.165, 1.54) is 0 Å². The molecule has 0 saturated carbocycles. The molecule has 1 heterocycles. The van der Waals surface area contributed by atoms with Gasteiger partial charge in [0.1, 0.15) is 6.07 Å². The van der Waals surface area contributed by atoms with Crippen LogP contribution < -0.4 is 4.74 Å². The Morgan fingerprint density at radius 2 is 2.46 bits per heavy atom. The van der Waals surface area contributed by atoms with Gasteiger partial charge in [-0.1, -0.05) is 13.3 Å². The molecular weight excluding hydrogens is 164 g/mol. The Morgan fingerprint density at radius 1 is 1.62 bits per heavy atom. The Morgan fingerprint density at radius 3 is 3.15 bits per heavy atom. The van der Waals surface area contributed by atoms with Crippen molar-refractivity contribution in [2.24, 2.45) is 0 Å². The Balaban J connectivity index is 2.60. The lowest BCUT2D eigenvalue weighted by Gasteiger charge is -2.05. The van der Waals surface area contributed by atoms with Gasteiger partial charge in [-0.15, -0.1) is 0 Å². The van der Waals surface area contributed by atoms with E-state index < -0.39 is 0 Å². The number of hydrogen-bond donors (Lipinski definition) is 0. The quantitative estimate of drug-likeness (QED) is 0.660. The van der Waals surface area contributed by atoms with E-state index in [9.17, 15) is 0 Å². The van der Waals surface area contributed by atoms with Gasteiger partial charge in [0, 0.05) is 6.20 Å². The number of nitrogens with zero attached hydrogens (tertiary/aromatic N) is 2. The van der Waals surface area contributed by atoms with Crippen molar-refractivity contribution in [3.05, 3.63) is 24.0 Å². The smallest absolute Gasteiger partial charge is 0.155 e. The molecular formula is C10H12N2O. The standard InChI is InChI=1S/C10H12N2O/c1-2-3-6-13-10-8-12-5-4-9(10)7-11/h4-5,8H,2-3,6H2,1H3. The molecule has 0 atom stereocenters. The maximum Gasteiger partial charge on any atom is 0.155 e. The normalized spacial score (nSPS) is 9.23. The number of hydrogen-bond acceptors (Lipinski definition) is 3. The summed E-state index contributed by atoms with van der Waals surface area (Å²) in [7, 11) is 0. The molecule has 0 aliphatic carbocycles. The van der Waals surface area contributed by atoms with Crippen molar-refractivity contribution in [2.75, 3.05) is 6.61 Å². The van der Waals surface area contributed by atoms with E-state index in [1.54, 1.807) is 18.5 Å². The van der Waals surface area contributed by atoms with E-state index in [1.807, 2.05) is 0 Å². The molecule has 0 unspecified atom stereocenters. The van der Waals surface area contributed by atoms with Crippen LogP contribution in [0.15, 0.2) is 18.5 Å². The minimum Gasteiger partial charge on any atom is -0.491 e. The summed E-state index contributed by atoms with van der Waals surface area (Å²) in [5, 5.41) is 8.72. The molecule has 0 aromatic carbocycles. The molecule has 0 bridgehead atoms. The second-order valence-corrected chi connectivity index (χ2v) is 2.69. The van der Waals surface area contributed by atoms with Gasteiger partial charge in [0.2, 0.25) is 0 Å². The van der Waals surface area contributed by atoms with Crippen molar-refractivity contribution >= 4 is 0 Å². The average molecular weight is 176 g/mol. The monoisotopic (exact) mass is 176 g/mol. The van der Waals surface area contributed by atoms with Crippen LogP contribution in [0.2, 0.25) is 0 Å². The molecule has 0 saturated heterocycles. The van der Waals surface area contributed by atoms with Crippen LogP contribution in [0.5, 0.6) is 5.75 Å². The molecule has 0 spiro atoms. The van der Waals surface area contributed by atoms with E-state index in [-0.39, 0.29) is 0 Å². The Labute approximate surface area is 78.0 Å². The first-order chi connectivity index (χ1) is 6.38. The van der Waals surface area contributed by atoms with Crippen molar-refractivity contribution in [1.82, 2.24) is 4.98 Å². The molecule has 0 N–H and O–H groups in total. The summed E-state index contributed by atoms with van der Waals surface area (Å²) in [6.07, 6.45) is 5.25. The number of unbranched alkanes of at least 4 members (excludes halogenated alkanes) is 1. The van der Waals surface area contributed by atoms with Crippen LogP contribution >= 0.6 is 0 Å². The third-order valence-electron chi connectivity index (χ3n) is 1.66. The van der Waals surface area contributed by atoms with E-state index >= 15 is 0 Å². The van der Waals surface area contributed by atoms with Crippen LogP contribution in [0, 0.1) is 11.3 Å². The van der Waals surface area contributed by atoms with Crippen molar-refractivity contribution in [3.8, 4) is 11.8 Å². The highest BCUT2D eigenvalue weighted by Crippen LogP contribution is 2.14. The Kier molecular flexibility index (Phi) is 3.77. The van der Waals surface area contributed by atoms with Crippen LogP contribution in [0.1, 0.15) is 25.3 Å². The van der Waals surface area contributed by atoms with Gasteiger partial charge < -0.3 is 4.74 Å². The molecule has 1 aromatic heterocycles. The van der Waals surface area contributed by atoms with Gasteiger partial charge in [0.25, 0.3) is 0 Å². The summed E-state index contributed by atoms with van der Waals surface area (Å²) in [5.74, 6) is 0.582. The first-order valence-corrected chi connectivity index (χ1v) is 4.35. The molecule has 13 heavy (non-hydrogen) atoms. The number of nitriles is 1. The summed E-state index contributed by atoms with van der Waals surface area (Å²) in [6.45, 7) is 2.74. The van der Waals surface area contributed by atoms with Crippen molar-refractivity contribution in [2.45, 2.75) is 19.8 Å². The van der Waals surface area contributed by atoms with Gasteiger partial charge in [-0.3, -0.25) is 4.98 Å². The molecule has 1 rings (SSSR count). The highest BCUT2D eigenvalue weighted by atomic mass is 16.5. The fraction of sp³-hybridized carbons (Fsp3) is 0.400. The maximum atomic E-state index is 8.72. The lowest BCUT2D eigenvalue weighted by molar-refractivity contribution is 0.307. The third-order valence-corrected chi connectivity index (χ3v) is 1.66. The lowest BCUT2D eigenvalue weighted by atomic mass is 10.3. The largest absolute Gasteiger partial charge is 0.491 e. The fourth-order valence-electron chi connectivity index (χ4n) is 0.914. The van der Waals surface area contributed by atoms with Crippen molar-refractivity contribution < 1.29 is 4.74 Å². The molecule has 0 fully saturated rings. The van der Waals surface area contributed by atoms with Crippen molar-refractivity contribution in [3.63, 3.8) is 0 Å². The summed E-state index contributed by atoms with van der Waals surface area (Å²) in [5.41, 5.74) is 0.547. The predicted molar refractivity (Wildman–Crippen MR) is 49.4 cm³/mol.